The first kappa shape index (κ1) is 22.4. The first-order valence-electron chi connectivity index (χ1n) is 10.6. The number of furan rings is 1. The van der Waals surface area contributed by atoms with Crippen LogP contribution in [-0.4, -0.2) is 49.0 Å². The second-order valence-electron chi connectivity index (χ2n) is 7.31. The number of hydrogen-bond acceptors (Lipinski definition) is 6. The molecule has 2 amide bonds. The van der Waals surface area contributed by atoms with E-state index in [1.807, 2.05) is 36.1 Å². The minimum atomic E-state index is -0.350. The van der Waals surface area contributed by atoms with Crippen LogP contribution >= 0.6 is 0 Å². The first-order valence-corrected chi connectivity index (χ1v) is 10.6. The normalized spacial score (nSPS) is 15.9. The number of benzene rings is 1. The van der Waals surface area contributed by atoms with E-state index in [0.29, 0.717) is 44.1 Å². The molecular weight excluding hydrogens is 396 g/mol. The van der Waals surface area contributed by atoms with Gasteiger partial charge in [0.25, 0.3) is 0 Å². The van der Waals surface area contributed by atoms with Crippen LogP contribution in [-0.2, 0) is 16.1 Å². The lowest BCUT2D eigenvalue weighted by Gasteiger charge is -2.28. The zero-order valence-electron chi connectivity index (χ0n) is 17.8. The van der Waals surface area contributed by atoms with E-state index in [1.54, 1.807) is 23.3 Å². The molecule has 1 saturated heterocycles. The molecule has 8 heteroatoms. The van der Waals surface area contributed by atoms with Crippen molar-refractivity contribution in [2.75, 3.05) is 31.1 Å². The van der Waals surface area contributed by atoms with E-state index in [1.165, 1.54) is 0 Å². The molecule has 1 N–H and O–H groups in total. The van der Waals surface area contributed by atoms with Crippen molar-refractivity contribution in [1.82, 2.24) is 10.2 Å². The molecule has 1 unspecified atom stereocenters. The summed E-state index contributed by atoms with van der Waals surface area (Å²) in [6.45, 7) is 3.90. The minimum absolute atomic E-state index is 0.105. The Morgan fingerprint density at radius 3 is 2.81 bits per heavy atom. The summed E-state index contributed by atoms with van der Waals surface area (Å²) < 4.78 is 10.7. The van der Waals surface area contributed by atoms with Crippen molar-refractivity contribution in [2.24, 2.45) is 0 Å². The fourth-order valence-electron chi connectivity index (χ4n) is 3.73. The lowest BCUT2D eigenvalue weighted by molar-refractivity contribution is -0.127. The fourth-order valence-corrected chi connectivity index (χ4v) is 3.73. The number of nitrogens with one attached hydrogen (secondary N) is 1. The van der Waals surface area contributed by atoms with Crippen LogP contribution in [0.5, 0.6) is 5.75 Å². The molecule has 2 heterocycles. The third-order valence-electron chi connectivity index (χ3n) is 5.23. The Morgan fingerprint density at radius 2 is 2.13 bits per heavy atom. The predicted molar refractivity (Wildman–Crippen MR) is 115 cm³/mol. The third-order valence-corrected chi connectivity index (χ3v) is 5.23. The number of nitriles is 1. The number of likely N-dealkylation sites (tertiary alicyclic amines) is 1. The predicted octanol–water partition coefficient (Wildman–Crippen LogP) is 2.71. The monoisotopic (exact) mass is 424 g/mol. The Morgan fingerprint density at radius 1 is 1.32 bits per heavy atom. The molecule has 8 nitrogen and oxygen atoms in total. The second kappa shape index (κ2) is 11.2. The highest BCUT2D eigenvalue weighted by atomic mass is 16.5. The van der Waals surface area contributed by atoms with Crippen LogP contribution in [0.3, 0.4) is 0 Å². The van der Waals surface area contributed by atoms with Crippen LogP contribution in [0.25, 0.3) is 0 Å². The largest absolute Gasteiger partial charge is 0.494 e. The quantitative estimate of drug-likeness (QED) is 0.630. The second-order valence-corrected chi connectivity index (χ2v) is 7.31. The molecule has 0 bridgehead atoms. The summed E-state index contributed by atoms with van der Waals surface area (Å²) in [6.07, 6.45) is 3.36. The van der Waals surface area contributed by atoms with Gasteiger partial charge in [0.05, 0.1) is 44.5 Å². The van der Waals surface area contributed by atoms with Crippen molar-refractivity contribution in [2.45, 2.75) is 38.8 Å². The Labute approximate surface area is 182 Å². The van der Waals surface area contributed by atoms with Gasteiger partial charge in [0.15, 0.2) is 0 Å². The van der Waals surface area contributed by atoms with Crippen LogP contribution in [0.2, 0.25) is 0 Å². The Hall–Kier alpha value is -3.31. The molecule has 1 aromatic carbocycles. The molecule has 2 aromatic rings. The van der Waals surface area contributed by atoms with Gasteiger partial charge in [-0.05, 0) is 62.7 Å². The Kier molecular flexibility index (Phi) is 8.07. The van der Waals surface area contributed by atoms with E-state index >= 15 is 0 Å². The summed E-state index contributed by atoms with van der Waals surface area (Å²) in [5.41, 5.74) is 0.710. The lowest BCUT2D eigenvalue weighted by atomic mass is 10.2. The third kappa shape index (κ3) is 6.09. The van der Waals surface area contributed by atoms with Crippen LogP contribution < -0.4 is 15.0 Å². The zero-order chi connectivity index (χ0) is 22.1. The summed E-state index contributed by atoms with van der Waals surface area (Å²) in [6, 6.07) is 12.6. The topological polar surface area (TPSA) is 98.8 Å². The maximum absolute atomic E-state index is 13.1. The summed E-state index contributed by atoms with van der Waals surface area (Å²) in [4.78, 5) is 29.3. The molecule has 1 aliphatic rings. The standard InChI is InChI=1S/C23H28N4O4/c1-2-30-19-10-8-18(9-11-19)27(14-5-12-24)22(28)17-26-13-3-7-21(26)23(29)25-16-20-6-4-15-31-20/h4,6,8-11,15,21H,2-3,5,7,13-14,16-17H2,1H3,(H,25,29). The SMILES string of the molecule is CCOc1ccc(N(CCC#N)C(=O)CN2CCCC2C(=O)NCc2ccco2)cc1. The maximum atomic E-state index is 13.1. The number of anilines is 1. The van der Waals surface area contributed by atoms with Crippen LogP contribution in [0.15, 0.2) is 47.1 Å². The fraction of sp³-hybridized carbons (Fsp3) is 0.435. The molecule has 0 saturated carbocycles. The van der Waals surface area contributed by atoms with Gasteiger partial charge in [0.1, 0.15) is 11.5 Å². The summed E-state index contributed by atoms with van der Waals surface area (Å²) in [7, 11) is 0. The van der Waals surface area contributed by atoms with Gasteiger partial charge < -0.3 is 19.4 Å². The van der Waals surface area contributed by atoms with E-state index in [4.69, 9.17) is 14.4 Å². The summed E-state index contributed by atoms with van der Waals surface area (Å²) in [5, 5.41) is 11.9. The molecule has 0 radical (unpaired) electrons. The van der Waals surface area contributed by atoms with Crippen molar-refractivity contribution in [1.29, 1.82) is 5.26 Å². The molecule has 164 valence electrons. The van der Waals surface area contributed by atoms with Gasteiger partial charge >= 0.3 is 0 Å². The highest BCUT2D eigenvalue weighted by Gasteiger charge is 2.33. The van der Waals surface area contributed by atoms with Gasteiger partial charge in [0, 0.05) is 12.2 Å². The van der Waals surface area contributed by atoms with Crippen molar-refractivity contribution in [3.05, 3.63) is 48.4 Å². The number of nitrogens with zero attached hydrogens (tertiary/aromatic N) is 3. The average molecular weight is 425 g/mol. The molecule has 1 atom stereocenters. The Balaban J connectivity index is 1.63. The van der Waals surface area contributed by atoms with Crippen molar-refractivity contribution < 1.29 is 18.7 Å². The van der Waals surface area contributed by atoms with Gasteiger partial charge in [-0.3, -0.25) is 14.5 Å². The smallest absolute Gasteiger partial charge is 0.241 e. The molecule has 0 aliphatic carbocycles. The lowest BCUT2D eigenvalue weighted by Crippen LogP contribution is -2.48. The van der Waals surface area contributed by atoms with Crippen LogP contribution in [0.4, 0.5) is 5.69 Å². The van der Waals surface area contributed by atoms with Gasteiger partial charge in [-0.2, -0.15) is 5.26 Å². The number of carbonyl (C=O) groups is 2. The van der Waals surface area contributed by atoms with E-state index in [2.05, 4.69) is 11.4 Å². The number of ether oxygens (including phenoxy) is 1. The van der Waals surface area contributed by atoms with E-state index in [0.717, 1.165) is 12.2 Å². The maximum Gasteiger partial charge on any atom is 0.241 e. The van der Waals surface area contributed by atoms with Crippen LogP contribution in [0.1, 0.15) is 31.9 Å². The van der Waals surface area contributed by atoms with Gasteiger partial charge in [-0.25, -0.2) is 0 Å². The molecular formula is C23H28N4O4. The van der Waals surface area contributed by atoms with Crippen molar-refractivity contribution in [3.8, 4) is 11.8 Å². The summed E-state index contributed by atoms with van der Waals surface area (Å²) >= 11 is 0. The van der Waals surface area contributed by atoms with Gasteiger partial charge in [-0.15, -0.1) is 0 Å². The highest BCUT2D eigenvalue weighted by Crippen LogP contribution is 2.22. The van der Waals surface area contributed by atoms with Gasteiger partial charge in [0.2, 0.25) is 11.8 Å². The number of hydrogen-bond donors (Lipinski definition) is 1. The van der Waals surface area contributed by atoms with Gasteiger partial charge in [-0.1, -0.05) is 0 Å². The molecule has 1 aliphatic heterocycles. The van der Waals surface area contributed by atoms with E-state index < -0.39 is 0 Å². The molecule has 3 rings (SSSR count). The van der Waals surface area contributed by atoms with Crippen molar-refractivity contribution >= 4 is 17.5 Å². The average Bonchev–Trinajstić information content (AvgIpc) is 3.46. The Bertz CT molecular complexity index is 889. The molecule has 31 heavy (non-hydrogen) atoms. The molecule has 0 spiro atoms. The first-order chi connectivity index (χ1) is 15.1. The van der Waals surface area contributed by atoms with E-state index in [-0.39, 0.29) is 30.8 Å². The molecule has 1 aromatic heterocycles. The molecule has 1 fully saturated rings. The van der Waals surface area contributed by atoms with Crippen LogP contribution in [0, 0.1) is 11.3 Å². The van der Waals surface area contributed by atoms with Crippen molar-refractivity contribution in [3.63, 3.8) is 0 Å². The number of carbonyl (C=O) groups excluding carboxylic acids is 2. The highest BCUT2D eigenvalue weighted by molar-refractivity contribution is 5.95. The minimum Gasteiger partial charge on any atom is -0.494 e. The summed E-state index contributed by atoms with van der Waals surface area (Å²) in [5.74, 6) is 1.18. The van der Waals surface area contributed by atoms with E-state index in [9.17, 15) is 9.59 Å². The number of rotatable bonds is 10. The zero-order valence-corrected chi connectivity index (χ0v) is 17.8. The number of amides is 2.